The number of ether oxygens (including phenoxy) is 2. The van der Waals surface area contributed by atoms with Crippen molar-refractivity contribution < 1.29 is 42.1 Å². The smallest absolute Gasteiger partial charge is 0.462 e. The third-order valence-electron chi connectivity index (χ3n) is 20.1. The number of hydrogen-bond donors (Lipinski definition) is 1. The van der Waals surface area contributed by atoms with Crippen molar-refractivity contribution in [3.05, 3.63) is 97.2 Å². The molecule has 2 unspecified atom stereocenters. The summed E-state index contributed by atoms with van der Waals surface area (Å²) in [6.07, 6.45) is 119. The van der Waals surface area contributed by atoms with Gasteiger partial charge in [0.15, 0.2) is 6.10 Å². The number of hydrogen-bond acceptors (Lipinski definition) is 7. The maximum atomic E-state index is 13.0. The number of allylic oxidation sites excluding steroid dienone is 16. The van der Waals surface area contributed by atoms with Crippen LogP contribution >= 0.6 is 7.82 Å². The zero-order valence-corrected chi connectivity index (χ0v) is 70.4. The van der Waals surface area contributed by atoms with E-state index in [-0.39, 0.29) is 25.6 Å². The quantitative estimate of drug-likeness (QED) is 0.0211. The lowest BCUT2D eigenvalue weighted by Gasteiger charge is -2.24. The van der Waals surface area contributed by atoms with E-state index >= 15 is 0 Å². The van der Waals surface area contributed by atoms with Gasteiger partial charge in [0.05, 0.1) is 27.7 Å². The van der Waals surface area contributed by atoms with Gasteiger partial charge in [-0.15, -0.1) is 0 Å². The second-order valence-corrected chi connectivity index (χ2v) is 33.1. The Kier molecular flexibility index (Phi) is 81.5. The summed E-state index contributed by atoms with van der Waals surface area (Å²) in [6, 6.07) is 0. The van der Waals surface area contributed by atoms with Gasteiger partial charge in [-0.25, -0.2) is 4.57 Å². The summed E-state index contributed by atoms with van der Waals surface area (Å²) in [7, 11) is 1.50. The Balaban J connectivity index is 3.87. The van der Waals surface area contributed by atoms with Gasteiger partial charge < -0.3 is 18.9 Å². The molecule has 0 aromatic heterocycles. The van der Waals surface area contributed by atoms with Crippen LogP contribution in [0, 0.1) is 0 Å². The van der Waals surface area contributed by atoms with Gasteiger partial charge in [-0.1, -0.05) is 426 Å². The first kappa shape index (κ1) is 101. The van der Waals surface area contributed by atoms with Crippen LogP contribution in [0.2, 0.25) is 0 Å². The van der Waals surface area contributed by atoms with Gasteiger partial charge in [0, 0.05) is 12.8 Å². The number of likely N-dealkylation sites (N-methyl/N-ethyl adjacent to an activating group) is 1. The fourth-order valence-electron chi connectivity index (χ4n) is 13.3. The van der Waals surface area contributed by atoms with Gasteiger partial charge in [-0.3, -0.25) is 18.6 Å². The summed E-state index contributed by atoms with van der Waals surface area (Å²) in [5.74, 6) is -0.775. The number of phosphoric acid groups is 1. The summed E-state index contributed by atoms with van der Waals surface area (Å²) in [5, 5.41) is 0. The summed E-state index contributed by atoms with van der Waals surface area (Å²) >= 11 is 0. The van der Waals surface area contributed by atoms with E-state index in [4.69, 9.17) is 18.5 Å². The first-order valence-corrected chi connectivity index (χ1v) is 46.5. The molecule has 1 N–H and O–H groups in total. The molecule has 0 aliphatic carbocycles. The van der Waals surface area contributed by atoms with Crippen molar-refractivity contribution in [3.63, 3.8) is 0 Å². The molecule has 9 nitrogen and oxygen atoms in total. The van der Waals surface area contributed by atoms with Gasteiger partial charge >= 0.3 is 19.8 Å². The highest BCUT2D eigenvalue weighted by Crippen LogP contribution is 2.43. The van der Waals surface area contributed by atoms with Crippen molar-refractivity contribution in [2.45, 2.75) is 444 Å². The molecule has 10 heteroatoms. The van der Waals surface area contributed by atoms with Crippen LogP contribution in [-0.2, 0) is 32.7 Å². The van der Waals surface area contributed by atoms with Crippen LogP contribution in [0.5, 0.6) is 0 Å². The van der Waals surface area contributed by atoms with Gasteiger partial charge in [0.1, 0.15) is 19.8 Å². The molecule has 0 rings (SSSR count). The Bertz CT molecular complexity index is 2080. The molecule has 0 aliphatic heterocycles. The summed E-state index contributed by atoms with van der Waals surface area (Å²) < 4.78 is 34.9. The first-order chi connectivity index (χ1) is 51.0. The van der Waals surface area contributed by atoms with E-state index in [1.807, 2.05) is 21.1 Å². The average molecular weight is 1480 g/mol. The van der Waals surface area contributed by atoms with Gasteiger partial charge in [0.25, 0.3) is 0 Å². The Morgan fingerprint density at radius 3 is 0.827 bits per heavy atom. The molecule has 0 spiro atoms. The van der Waals surface area contributed by atoms with Crippen molar-refractivity contribution >= 4 is 19.8 Å². The Hall–Kier alpha value is -3.07. The Morgan fingerprint density at radius 1 is 0.308 bits per heavy atom. The molecule has 0 bridgehead atoms. The van der Waals surface area contributed by atoms with Crippen molar-refractivity contribution in [2.75, 3.05) is 47.5 Å². The van der Waals surface area contributed by atoms with Crippen LogP contribution in [0.4, 0.5) is 0 Å². The molecule has 2 atom stereocenters. The van der Waals surface area contributed by atoms with Gasteiger partial charge in [-0.05, 0) is 96.3 Å². The number of nitrogens with zero attached hydrogens (tertiary/aromatic N) is 1. The lowest BCUT2D eigenvalue weighted by molar-refractivity contribution is -0.870. The van der Waals surface area contributed by atoms with E-state index in [9.17, 15) is 19.0 Å². The number of quaternary nitrogens is 1. The summed E-state index contributed by atoms with van der Waals surface area (Å²) in [4.78, 5) is 36.1. The third kappa shape index (κ3) is 87.8. The summed E-state index contributed by atoms with van der Waals surface area (Å²) in [5.41, 5.74) is 0. The van der Waals surface area contributed by atoms with E-state index in [1.165, 1.54) is 327 Å². The normalized spacial score (nSPS) is 13.4. The van der Waals surface area contributed by atoms with Crippen LogP contribution < -0.4 is 0 Å². The highest BCUT2D eigenvalue weighted by molar-refractivity contribution is 7.47. The molecule has 0 saturated heterocycles. The maximum absolute atomic E-state index is 13.0. The number of phosphoric ester groups is 1. The molecule has 0 aromatic rings. The van der Waals surface area contributed by atoms with Crippen molar-refractivity contribution in [2.24, 2.45) is 0 Å². The van der Waals surface area contributed by atoms with Crippen molar-refractivity contribution in [3.8, 4) is 0 Å². The number of unbranched alkanes of at least 4 members (excludes halogenated alkanes) is 54. The van der Waals surface area contributed by atoms with Crippen LogP contribution in [0.1, 0.15) is 438 Å². The van der Waals surface area contributed by atoms with E-state index in [2.05, 4.69) is 111 Å². The standard InChI is InChI=1S/C94H172NO8P/c1-6-8-10-12-14-16-18-20-22-24-26-28-30-32-34-36-38-40-42-44-46-47-49-51-53-55-57-59-61-63-65-67-69-71-73-75-77-79-81-83-85-87-94(97)103-92(91-102-104(98,99)101-89-88-95(3,4)5)90-100-93(96)86-84-82-80-78-76-74-72-70-68-66-64-62-60-58-56-54-52-50-48-45-43-41-39-37-35-33-31-29-27-25-23-21-19-17-15-13-11-9-7-2/h8,10,14,16,20,22,25-28,32,34,38,40,44,46,92H,6-7,9,11-13,15,17-19,21,23-24,29-31,33,35-37,39,41-43,45,47-91H2,1-5H3/p+1/b10-8-,16-14-,22-20-,27-25-,28-26-,34-32-,40-38-,46-44-. The molecular formula is C94H173NO8P+. The van der Waals surface area contributed by atoms with Gasteiger partial charge in [-0.2, -0.15) is 0 Å². The molecular weight excluding hydrogens is 1300 g/mol. The molecule has 0 aliphatic rings. The lowest BCUT2D eigenvalue weighted by Crippen LogP contribution is -2.37. The monoisotopic (exact) mass is 1480 g/mol. The van der Waals surface area contributed by atoms with E-state index in [0.717, 1.165) is 77.0 Å². The van der Waals surface area contributed by atoms with E-state index < -0.39 is 26.5 Å². The highest BCUT2D eigenvalue weighted by atomic mass is 31.2. The minimum Gasteiger partial charge on any atom is -0.462 e. The number of rotatable bonds is 84. The SMILES string of the molecule is CC/C=C\C/C=C\C/C=C\C/C=C\C/C=C\C/C=C\C/C=C\CCCCCCCCCCCCCCCCCCCCCC(=O)OC(COC(=O)CCCCCCCCCCCCCCCCCCCCCCCCCCCCC/C=C\CCCCCCCCCC)COP(=O)(O)OCC[N+](C)(C)C. The summed E-state index contributed by atoms with van der Waals surface area (Å²) in [6.45, 7) is 4.39. The van der Waals surface area contributed by atoms with E-state index in [0.29, 0.717) is 23.9 Å². The molecule has 0 radical (unpaired) electrons. The van der Waals surface area contributed by atoms with Crippen LogP contribution in [0.3, 0.4) is 0 Å². The van der Waals surface area contributed by atoms with Crippen molar-refractivity contribution in [1.29, 1.82) is 0 Å². The van der Waals surface area contributed by atoms with Crippen LogP contribution in [0.25, 0.3) is 0 Å². The predicted octanol–water partition coefficient (Wildman–Crippen LogP) is 30.5. The van der Waals surface area contributed by atoms with Crippen molar-refractivity contribution in [1.82, 2.24) is 0 Å². The number of carbonyl (C=O) groups excluding carboxylic acids is 2. The van der Waals surface area contributed by atoms with Crippen LogP contribution in [0.15, 0.2) is 97.2 Å². The maximum Gasteiger partial charge on any atom is 0.472 e. The third-order valence-corrected chi connectivity index (χ3v) is 21.1. The Morgan fingerprint density at radius 2 is 0.548 bits per heavy atom. The zero-order valence-electron chi connectivity index (χ0n) is 69.5. The average Bonchev–Trinajstić information content (AvgIpc) is 0.920. The second-order valence-electron chi connectivity index (χ2n) is 31.6. The number of esters is 2. The lowest BCUT2D eigenvalue weighted by atomic mass is 10.0. The number of carbonyl (C=O) groups is 2. The fraction of sp³-hybridized carbons (Fsp3) is 0.809. The minimum atomic E-state index is -4.40. The topological polar surface area (TPSA) is 108 Å². The van der Waals surface area contributed by atoms with Gasteiger partial charge in [0.2, 0.25) is 0 Å². The fourth-order valence-corrected chi connectivity index (χ4v) is 14.0. The molecule has 0 heterocycles. The largest absolute Gasteiger partial charge is 0.472 e. The molecule has 606 valence electrons. The molecule has 0 saturated carbocycles. The zero-order chi connectivity index (χ0) is 75.4. The predicted molar refractivity (Wildman–Crippen MR) is 455 cm³/mol. The molecule has 0 fully saturated rings. The first-order valence-electron chi connectivity index (χ1n) is 45.0. The molecule has 0 aromatic carbocycles. The van der Waals surface area contributed by atoms with E-state index in [1.54, 1.807) is 0 Å². The molecule has 104 heavy (non-hydrogen) atoms. The Labute approximate surface area is 646 Å². The van der Waals surface area contributed by atoms with Crippen LogP contribution in [-0.4, -0.2) is 74.9 Å². The highest BCUT2D eigenvalue weighted by Gasteiger charge is 2.27. The molecule has 0 amide bonds. The second kappa shape index (κ2) is 84.0. The minimum absolute atomic E-state index is 0.0326.